The number of carbonyl (C=O) groups is 1. The lowest BCUT2D eigenvalue weighted by Crippen LogP contribution is -2.25. The Balaban J connectivity index is 4.50. The minimum atomic E-state index is -5.41. The summed E-state index contributed by atoms with van der Waals surface area (Å²) >= 11 is 0. The van der Waals surface area contributed by atoms with E-state index in [0.717, 1.165) is 0 Å². The van der Waals surface area contributed by atoms with E-state index in [1.807, 2.05) is 0 Å². The van der Waals surface area contributed by atoms with E-state index in [2.05, 4.69) is 0 Å². The van der Waals surface area contributed by atoms with E-state index in [1.165, 1.54) is 0 Å². The van der Waals surface area contributed by atoms with Gasteiger partial charge in [0.2, 0.25) is 6.17 Å². The van der Waals surface area contributed by atoms with E-state index in [0.29, 0.717) is 0 Å². The van der Waals surface area contributed by atoms with Crippen molar-refractivity contribution < 1.29 is 31.9 Å². The van der Waals surface area contributed by atoms with Crippen LogP contribution < -0.4 is 0 Å². The zero-order chi connectivity index (χ0) is 9.94. The first-order chi connectivity index (χ1) is 5.25. The van der Waals surface area contributed by atoms with Crippen LogP contribution in [0.5, 0.6) is 0 Å². The highest BCUT2D eigenvalue weighted by Gasteiger charge is 2.43. The Labute approximate surface area is 63.3 Å². The summed E-state index contributed by atoms with van der Waals surface area (Å²) in [6.07, 6.45) is -9.75. The van der Waals surface area contributed by atoms with Gasteiger partial charge in [0, 0.05) is 0 Å². The molecule has 0 radical (unpaired) electrons. The van der Waals surface area contributed by atoms with Crippen LogP contribution in [0.2, 0.25) is 0 Å². The van der Waals surface area contributed by atoms with Crippen LogP contribution in [-0.4, -0.2) is 23.4 Å². The average Bonchev–Trinajstić information content (AvgIpc) is 1.82. The van der Waals surface area contributed by atoms with Crippen molar-refractivity contribution in [1.82, 2.24) is 0 Å². The largest absolute Gasteiger partial charge is 0.478 e. The highest BCUT2D eigenvalue weighted by atomic mass is 19.4. The molecule has 0 aromatic rings. The Kier molecular flexibility index (Phi) is 3.17. The van der Waals surface area contributed by atoms with Crippen molar-refractivity contribution in [3.05, 3.63) is 11.9 Å². The SMILES string of the molecule is O=C(O)C=C(F)C(F)C(F)(F)F. The number of hydrogen-bond donors (Lipinski definition) is 1. The van der Waals surface area contributed by atoms with E-state index in [1.54, 1.807) is 0 Å². The first-order valence-electron chi connectivity index (χ1n) is 2.56. The summed E-state index contributed by atoms with van der Waals surface area (Å²) in [6, 6.07) is 0. The summed E-state index contributed by atoms with van der Waals surface area (Å²) in [4.78, 5) is 9.59. The summed E-state index contributed by atoms with van der Waals surface area (Å²) < 4.78 is 57.7. The zero-order valence-electron chi connectivity index (χ0n) is 5.40. The maximum atomic E-state index is 11.9. The molecule has 1 unspecified atom stereocenters. The van der Waals surface area contributed by atoms with Gasteiger partial charge in [-0.05, 0) is 0 Å². The predicted octanol–water partition coefficient (Wildman–Crippen LogP) is 1.82. The molecule has 70 valence electrons. The number of carboxylic acids is 1. The Bertz CT molecular complexity index is 206. The van der Waals surface area contributed by atoms with Crippen molar-refractivity contribution in [2.75, 3.05) is 0 Å². The molecule has 0 aliphatic rings. The van der Waals surface area contributed by atoms with Gasteiger partial charge in [-0.3, -0.25) is 0 Å². The van der Waals surface area contributed by atoms with E-state index < -0.39 is 30.2 Å². The van der Waals surface area contributed by atoms with Gasteiger partial charge in [-0.2, -0.15) is 13.2 Å². The van der Waals surface area contributed by atoms with Crippen LogP contribution in [0.1, 0.15) is 0 Å². The van der Waals surface area contributed by atoms with Gasteiger partial charge < -0.3 is 5.11 Å². The third-order valence-corrected chi connectivity index (χ3v) is 0.791. The maximum Gasteiger partial charge on any atom is 0.426 e. The molecule has 0 amide bonds. The second kappa shape index (κ2) is 3.51. The van der Waals surface area contributed by atoms with Gasteiger partial charge in [0.25, 0.3) is 0 Å². The molecule has 0 spiro atoms. The van der Waals surface area contributed by atoms with Crippen molar-refractivity contribution in [3.8, 4) is 0 Å². The normalized spacial score (nSPS) is 15.9. The molecule has 0 aromatic carbocycles. The van der Waals surface area contributed by atoms with E-state index in [-0.39, 0.29) is 0 Å². The Morgan fingerprint density at radius 2 is 1.83 bits per heavy atom. The predicted molar refractivity (Wildman–Crippen MR) is 27.8 cm³/mol. The van der Waals surface area contributed by atoms with E-state index in [4.69, 9.17) is 5.11 Å². The molecule has 1 N–H and O–H groups in total. The third-order valence-electron chi connectivity index (χ3n) is 0.791. The molecule has 2 nitrogen and oxygen atoms in total. The highest BCUT2D eigenvalue weighted by Crippen LogP contribution is 2.28. The van der Waals surface area contributed by atoms with Gasteiger partial charge in [-0.25, -0.2) is 13.6 Å². The third kappa shape index (κ3) is 3.31. The van der Waals surface area contributed by atoms with Gasteiger partial charge in [0.05, 0.1) is 6.08 Å². The van der Waals surface area contributed by atoms with Crippen molar-refractivity contribution in [3.63, 3.8) is 0 Å². The lowest BCUT2D eigenvalue weighted by Gasteiger charge is -2.08. The summed E-state index contributed by atoms with van der Waals surface area (Å²) in [5.41, 5.74) is 0. The highest BCUT2D eigenvalue weighted by molar-refractivity contribution is 5.80. The summed E-state index contributed by atoms with van der Waals surface area (Å²) in [7, 11) is 0. The van der Waals surface area contributed by atoms with Crippen LogP contribution in [0.25, 0.3) is 0 Å². The number of aliphatic carboxylic acids is 1. The molecule has 0 aliphatic carbocycles. The molecule has 1 atom stereocenters. The van der Waals surface area contributed by atoms with Gasteiger partial charge in [0.1, 0.15) is 0 Å². The van der Waals surface area contributed by atoms with Crippen LogP contribution in [0.3, 0.4) is 0 Å². The molecule has 0 aromatic heterocycles. The fraction of sp³-hybridized carbons (Fsp3) is 0.400. The van der Waals surface area contributed by atoms with E-state index >= 15 is 0 Å². The molecule has 0 heterocycles. The first-order valence-corrected chi connectivity index (χ1v) is 2.56. The van der Waals surface area contributed by atoms with Gasteiger partial charge in [0.15, 0.2) is 5.83 Å². The van der Waals surface area contributed by atoms with Crippen LogP contribution in [0, 0.1) is 0 Å². The number of halogens is 5. The number of carboxylic acid groups (broad SMARTS) is 1. The van der Waals surface area contributed by atoms with E-state index in [9.17, 15) is 26.7 Å². The van der Waals surface area contributed by atoms with Crippen molar-refractivity contribution in [2.24, 2.45) is 0 Å². The lowest BCUT2D eigenvalue weighted by atomic mass is 10.3. The lowest BCUT2D eigenvalue weighted by molar-refractivity contribution is -0.173. The smallest absolute Gasteiger partial charge is 0.426 e. The molecule has 0 rings (SSSR count). The number of alkyl halides is 4. The molecule has 0 saturated carbocycles. The van der Waals surface area contributed by atoms with Gasteiger partial charge in [-0.15, -0.1) is 0 Å². The quantitative estimate of drug-likeness (QED) is 0.532. The van der Waals surface area contributed by atoms with Gasteiger partial charge in [-0.1, -0.05) is 0 Å². The topological polar surface area (TPSA) is 37.3 Å². The second-order valence-electron chi connectivity index (χ2n) is 1.77. The summed E-state index contributed by atoms with van der Waals surface area (Å²) in [5, 5.41) is 7.75. The minimum absolute atomic E-state index is 0.474. The zero-order valence-corrected chi connectivity index (χ0v) is 5.40. The summed E-state index contributed by atoms with van der Waals surface area (Å²) in [5.74, 6) is -4.34. The minimum Gasteiger partial charge on any atom is -0.478 e. The van der Waals surface area contributed by atoms with Gasteiger partial charge >= 0.3 is 12.1 Å². The molecule has 0 saturated heterocycles. The van der Waals surface area contributed by atoms with Crippen molar-refractivity contribution in [2.45, 2.75) is 12.3 Å². The molecular formula is C5H3F5O2. The fourth-order valence-corrected chi connectivity index (χ4v) is 0.347. The Hall–Kier alpha value is -1.14. The monoisotopic (exact) mass is 190 g/mol. The second-order valence-corrected chi connectivity index (χ2v) is 1.77. The van der Waals surface area contributed by atoms with Crippen molar-refractivity contribution >= 4 is 5.97 Å². The average molecular weight is 190 g/mol. The molecule has 0 bridgehead atoms. The summed E-state index contributed by atoms with van der Waals surface area (Å²) in [6.45, 7) is 0. The fourth-order valence-electron chi connectivity index (χ4n) is 0.347. The van der Waals surface area contributed by atoms with Crippen LogP contribution >= 0.6 is 0 Å². The Morgan fingerprint density at radius 3 is 2.08 bits per heavy atom. The van der Waals surface area contributed by atoms with Crippen LogP contribution in [0.4, 0.5) is 22.0 Å². The maximum absolute atomic E-state index is 11.9. The Morgan fingerprint density at radius 1 is 1.42 bits per heavy atom. The standard InChI is InChI=1S/C5H3F5O2/c6-2(1-3(11)12)4(7)5(8,9)10/h1,4H,(H,11,12). The molecular weight excluding hydrogens is 187 g/mol. The van der Waals surface area contributed by atoms with Crippen molar-refractivity contribution in [1.29, 1.82) is 0 Å². The van der Waals surface area contributed by atoms with Crippen LogP contribution in [-0.2, 0) is 4.79 Å². The van der Waals surface area contributed by atoms with Crippen LogP contribution in [0.15, 0.2) is 11.9 Å². The number of allylic oxidation sites excluding steroid dienone is 1. The number of rotatable bonds is 2. The molecule has 12 heavy (non-hydrogen) atoms. The molecule has 0 aliphatic heterocycles. The number of hydrogen-bond acceptors (Lipinski definition) is 1. The molecule has 7 heteroatoms. The molecule has 0 fully saturated rings. The first kappa shape index (κ1) is 10.9.